The van der Waals surface area contributed by atoms with E-state index < -0.39 is 0 Å². The molecule has 0 fully saturated rings. The number of nitrogens with zero attached hydrogens (tertiary/aromatic N) is 1. The average molecular weight is 289 g/mol. The molecule has 0 radical (unpaired) electrons. The highest BCUT2D eigenvalue weighted by atomic mass is 79.9. The Morgan fingerprint density at radius 1 is 1.25 bits per heavy atom. The Morgan fingerprint density at radius 3 is 2.58 bits per heavy atom. The smallest absolute Gasteiger partial charge is 0.218 e. The summed E-state index contributed by atoms with van der Waals surface area (Å²) in [6.45, 7) is 7.22. The van der Waals surface area contributed by atoms with Gasteiger partial charge in [-0.15, -0.1) is 0 Å². The van der Waals surface area contributed by atoms with Crippen LogP contribution >= 0.6 is 31.9 Å². The van der Waals surface area contributed by atoms with E-state index in [1.807, 2.05) is 18.2 Å². The fraction of sp³-hybridized carbons (Fsp3) is 0.222. The molecular weight excluding hydrogens is 282 g/mol. The Balaban J connectivity index is 2.77. The van der Waals surface area contributed by atoms with Crippen LogP contribution in [0, 0.1) is 6.57 Å². The Hall–Kier alpha value is -0.330. The Labute approximate surface area is 88.9 Å². The third-order valence-electron chi connectivity index (χ3n) is 1.50. The summed E-state index contributed by atoms with van der Waals surface area (Å²) in [5.74, 6) is 0. The topological polar surface area (TPSA) is 4.36 Å². The maximum atomic E-state index is 6.65. The zero-order valence-electron chi connectivity index (χ0n) is 6.35. The standard InChI is InChI=1S/C9H7Br2N/c1-12-5-4-7-2-3-8(10)9(11)6-7/h2-3,6H,4-5H2. The summed E-state index contributed by atoms with van der Waals surface area (Å²) in [5, 5.41) is 0. The molecule has 0 saturated heterocycles. The number of hydrogen-bond acceptors (Lipinski definition) is 0. The number of benzene rings is 1. The Kier molecular flexibility index (Phi) is 3.77. The van der Waals surface area contributed by atoms with Gasteiger partial charge in [0.1, 0.15) is 0 Å². The van der Waals surface area contributed by atoms with Crippen LogP contribution in [0.15, 0.2) is 27.1 Å². The molecule has 0 atom stereocenters. The van der Waals surface area contributed by atoms with Gasteiger partial charge in [0.15, 0.2) is 0 Å². The van der Waals surface area contributed by atoms with Crippen LogP contribution in [0.4, 0.5) is 0 Å². The lowest BCUT2D eigenvalue weighted by Gasteiger charge is -1.98. The Morgan fingerprint density at radius 2 is 2.00 bits per heavy atom. The lowest BCUT2D eigenvalue weighted by molar-refractivity contribution is 1.07. The van der Waals surface area contributed by atoms with Crippen molar-refractivity contribution in [3.8, 4) is 0 Å². The van der Waals surface area contributed by atoms with Gasteiger partial charge in [0.05, 0.1) is 0 Å². The van der Waals surface area contributed by atoms with Crippen LogP contribution in [0.25, 0.3) is 4.85 Å². The molecule has 0 aliphatic rings. The molecule has 0 spiro atoms. The third kappa shape index (κ3) is 2.62. The molecule has 0 aliphatic carbocycles. The zero-order valence-corrected chi connectivity index (χ0v) is 9.52. The van der Waals surface area contributed by atoms with Crippen molar-refractivity contribution in [3.05, 3.63) is 44.1 Å². The van der Waals surface area contributed by atoms with Gasteiger partial charge in [-0.2, -0.15) is 0 Å². The summed E-state index contributed by atoms with van der Waals surface area (Å²) in [6, 6.07) is 6.05. The van der Waals surface area contributed by atoms with Gasteiger partial charge in [0.25, 0.3) is 0 Å². The summed E-state index contributed by atoms with van der Waals surface area (Å²) >= 11 is 6.80. The molecule has 0 unspecified atom stereocenters. The van der Waals surface area contributed by atoms with Crippen LogP contribution in [0.3, 0.4) is 0 Å². The van der Waals surface area contributed by atoms with E-state index >= 15 is 0 Å². The van der Waals surface area contributed by atoms with Crippen molar-refractivity contribution in [1.82, 2.24) is 0 Å². The van der Waals surface area contributed by atoms with E-state index in [2.05, 4.69) is 36.7 Å². The molecule has 0 heterocycles. The normalized spacial score (nSPS) is 9.42. The molecule has 0 aliphatic heterocycles. The van der Waals surface area contributed by atoms with Crippen molar-refractivity contribution in [1.29, 1.82) is 0 Å². The second kappa shape index (κ2) is 4.64. The maximum absolute atomic E-state index is 6.65. The highest BCUT2D eigenvalue weighted by Crippen LogP contribution is 2.23. The summed E-state index contributed by atoms with van der Waals surface area (Å²) in [6.07, 6.45) is 0.829. The van der Waals surface area contributed by atoms with E-state index in [0.29, 0.717) is 6.54 Å². The highest BCUT2D eigenvalue weighted by Gasteiger charge is 1.99. The first kappa shape index (κ1) is 9.76. The predicted molar refractivity (Wildman–Crippen MR) is 57.0 cm³/mol. The minimum absolute atomic E-state index is 0.564. The summed E-state index contributed by atoms with van der Waals surface area (Å²) in [4.78, 5) is 3.31. The molecule has 12 heavy (non-hydrogen) atoms. The fourth-order valence-corrected chi connectivity index (χ4v) is 1.55. The van der Waals surface area contributed by atoms with Gasteiger partial charge in [0.2, 0.25) is 6.54 Å². The van der Waals surface area contributed by atoms with Crippen LogP contribution < -0.4 is 0 Å². The molecule has 1 aromatic rings. The van der Waals surface area contributed by atoms with Gasteiger partial charge in [-0.25, -0.2) is 6.57 Å². The first-order chi connectivity index (χ1) is 5.74. The van der Waals surface area contributed by atoms with Crippen LogP contribution in [0.2, 0.25) is 0 Å². The van der Waals surface area contributed by atoms with Crippen molar-refractivity contribution in [2.75, 3.05) is 6.54 Å². The maximum Gasteiger partial charge on any atom is 0.218 e. The summed E-state index contributed by atoms with van der Waals surface area (Å²) in [7, 11) is 0. The van der Waals surface area contributed by atoms with Gasteiger partial charge >= 0.3 is 0 Å². The quantitative estimate of drug-likeness (QED) is 0.732. The molecule has 0 bridgehead atoms. The first-order valence-electron chi connectivity index (χ1n) is 3.51. The zero-order chi connectivity index (χ0) is 8.97. The Bertz CT molecular complexity index is 315. The van der Waals surface area contributed by atoms with E-state index in [-0.39, 0.29) is 0 Å². The summed E-state index contributed by atoms with van der Waals surface area (Å²) < 4.78 is 2.10. The first-order valence-corrected chi connectivity index (χ1v) is 5.10. The van der Waals surface area contributed by atoms with Crippen molar-refractivity contribution in [2.24, 2.45) is 0 Å². The number of hydrogen-bond donors (Lipinski definition) is 0. The van der Waals surface area contributed by atoms with E-state index in [9.17, 15) is 0 Å². The average Bonchev–Trinajstić information content (AvgIpc) is 2.07. The van der Waals surface area contributed by atoms with E-state index in [4.69, 9.17) is 6.57 Å². The molecule has 0 aromatic heterocycles. The lowest BCUT2D eigenvalue weighted by Crippen LogP contribution is -1.87. The molecule has 0 N–H and O–H groups in total. The number of rotatable bonds is 2. The minimum atomic E-state index is 0.564. The largest absolute Gasteiger partial charge is 0.317 e. The van der Waals surface area contributed by atoms with Crippen LogP contribution in [-0.4, -0.2) is 6.54 Å². The third-order valence-corrected chi connectivity index (χ3v) is 3.38. The number of halogens is 2. The SMILES string of the molecule is [C-]#[N+]CCc1ccc(Br)c(Br)c1. The van der Waals surface area contributed by atoms with Gasteiger partial charge in [-0.3, -0.25) is 0 Å². The second-order valence-corrected chi connectivity index (χ2v) is 4.09. The fourth-order valence-electron chi connectivity index (χ4n) is 0.880. The van der Waals surface area contributed by atoms with Crippen LogP contribution in [0.5, 0.6) is 0 Å². The predicted octanol–water partition coefficient (Wildman–Crippen LogP) is 3.67. The second-order valence-electron chi connectivity index (χ2n) is 2.38. The molecule has 62 valence electrons. The van der Waals surface area contributed by atoms with Gasteiger partial charge in [-0.05, 0) is 49.6 Å². The van der Waals surface area contributed by atoms with Crippen LogP contribution in [-0.2, 0) is 6.42 Å². The van der Waals surface area contributed by atoms with Gasteiger partial charge in [-0.1, -0.05) is 6.07 Å². The lowest BCUT2D eigenvalue weighted by atomic mass is 10.2. The van der Waals surface area contributed by atoms with Gasteiger partial charge < -0.3 is 4.85 Å². The monoisotopic (exact) mass is 287 g/mol. The molecule has 0 saturated carbocycles. The van der Waals surface area contributed by atoms with E-state index in [1.165, 1.54) is 5.56 Å². The molecule has 3 heteroatoms. The van der Waals surface area contributed by atoms with E-state index in [1.54, 1.807) is 0 Å². The molecular formula is C9H7Br2N. The molecule has 1 aromatic carbocycles. The highest BCUT2D eigenvalue weighted by molar-refractivity contribution is 9.13. The summed E-state index contributed by atoms with van der Waals surface area (Å²) in [5.41, 5.74) is 1.20. The van der Waals surface area contributed by atoms with Crippen molar-refractivity contribution < 1.29 is 0 Å². The molecule has 1 nitrogen and oxygen atoms in total. The van der Waals surface area contributed by atoms with Crippen LogP contribution in [0.1, 0.15) is 5.56 Å². The molecule has 0 amide bonds. The minimum Gasteiger partial charge on any atom is -0.317 e. The molecule has 1 rings (SSSR count). The van der Waals surface area contributed by atoms with Crippen molar-refractivity contribution in [2.45, 2.75) is 6.42 Å². The van der Waals surface area contributed by atoms with Crippen molar-refractivity contribution >= 4 is 31.9 Å². The van der Waals surface area contributed by atoms with E-state index in [0.717, 1.165) is 15.4 Å². The van der Waals surface area contributed by atoms with Gasteiger partial charge in [0, 0.05) is 15.4 Å². The van der Waals surface area contributed by atoms with Crippen molar-refractivity contribution in [3.63, 3.8) is 0 Å².